The molecule has 1 heterocycles. The Balaban J connectivity index is -0.000000109. The number of benzene rings is 1. The summed E-state index contributed by atoms with van der Waals surface area (Å²) in [4.78, 5) is 0. The highest BCUT2D eigenvalue weighted by molar-refractivity contribution is 5.18. The maximum atomic E-state index is 8.63. The first-order valence-corrected chi connectivity index (χ1v) is 17.5. The summed E-state index contributed by atoms with van der Waals surface area (Å²) >= 11 is 0. The van der Waals surface area contributed by atoms with E-state index in [1.807, 2.05) is 13.0 Å². The number of aliphatic hydroxyl groups is 5. The van der Waals surface area contributed by atoms with Crippen molar-refractivity contribution >= 4 is 0 Å². The molecular formula is C36H78O13. The van der Waals surface area contributed by atoms with Crippen LogP contribution in [0.4, 0.5) is 0 Å². The zero-order chi connectivity index (χ0) is 38.5. The van der Waals surface area contributed by atoms with E-state index in [1.165, 1.54) is 6.92 Å². The van der Waals surface area contributed by atoms with Gasteiger partial charge in [0.1, 0.15) is 12.5 Å². The minimum absolute atomic E-state index is 0.133. The van der Waals surface area contributed by atoms with Crippen molar-refractivity contribution in [2.45, 2.75) is 86.2 Å². The first-order valence-electron chi connectivity index (χ1n) is 17.5. The molecule has 1 aliphatic rings. The Morgan fingerprint density at radius 3 is 1.18 bits per heavy atom. The van der Waals surface area contributed by atoms with Crippen LogP contribution in [0.25, 0.3) is 0 Å². The van der Waals surface area contributed by atoms with E-state index in [9.17, 15) is 0 Å². The molecule has 1 fully saturated rings. The monoisotopic (exact) mass is 719 g/mol. The first kappa shape index (κ1) is 59.7. The van der Waals surface area contributed by atoms with Crippen LogP contribution in [-0.2, 0) is 33.2 Å². The molecule has 0 spiro atoms. The molecule has 1 aromatic rings. The molecule has 0 amide bonds. The van der Waals surface area contributed by atoms with Gasteiger partial charge in [-0.1, -0.05) is 58.7 Å². The van der Waals surface area contributed by atoms with Crippen molar-refractivity contribution in [2.24, 2.45) is 0 Å². The summed E-state index contributed by atoms with van der Waals surface area (Å²) in [5, 5.41) is 49.2. The van der Waals surface area contributed by atoms with Crippen LogP contribution in [-0.4, -0.2) is 150 Å². The Bertz CT molecular complexity index is 528. The molecule has 0 aromatic heterocycles. The number of unbranched alkanes of at least 4 members (excludes halogenated alkanes) is 2. The fraction of sp³-hybridized carbons (Fsp3) is 0.833. The highest BCUT2D eigenvalue weighted by Gasteiger charge is 1.94. The average Bonchev–Trinajstić information content (AvgIpc) is 3.71. The normalized spacial score (nSPS) is 11.2. The molecule has 0 aliphatic carbocycles. The second kappa shape index (κ2) is 68.5. The van der Waals surface area contributed by atoms with Crippen LogP contribution in [0.5, 0.6) is 5.75 Å². The van der Waals surface area contributed by atoms with Crippen molar-refractivity contribution in [3.8, 4) is 5.75 Å². The van der Waals surface area contributed by atoms with Gasteiger partial charge in [0.15, 0.2) is 0 Å². The average molecular weight is 719 g/mol. The van der Waals surface area contributed by atoms with E-state index in [4.69, 9.17) is 59.1 Å². The Morgan fingerprint density at radius 1 is 0.612 bits per heavy atom. The lowest BCUT2D eigenvalue weighted by Gasteiger charge is -1.97. The molecule has 13 heteroatoms. The van der Waals surface area contributed by atoms with Crippen LogP contribution >= 0.6 is 0 Å². The predicted octanol–water partition coefficient (Wildman–Crippen LogP) is 4.43. The smallest absolute Gasteiger partial charge is 0.146 e. The molecule has 0 radical (unpaired) electrons. The van der Waals surface area contributed by atoms with Gasteiger partial charge in [-0.25, -0.2) is 0 Å². The standard InChI is InChI=1S/2C6H14O2.C6H6O.C6H14O.C4H10O2.C3H6O2.C3H8O2.C2H6O/c2*1-2-3-5-8-6-4-7;7-6-4-2-1-3-5-6;1-3-5-7-6-4-2;1-2-6-4-3-5;1-2-5-3-4-1;1-3(5)2-4;1-3-2/h2*7H,2-6H2,1H3;1-5,7H;3-6H2,1-2H3;5H,2-4H2,1H3;1-3H2;3-5H,2H2,1H3;1-2H3. The molecule has 1 saturated heterocycles. The van der Waals surface area contributed by atoms with Gasteiger partial charge in [0.2, 0.25) is 0 Å². The molecule has 1 atom stereocenters. The molecule has 1 unspecified atom stereocenters. The number of rotatable bonds is 18. The number of hydrogen-bond donors (Lipinski definition) is 6. The van der Waals surface area contributed by atoms with Gasteiger partial charge in [0.05, 0.1) is 65.6 Å². The second-order valence-corrected chi connectivity index (χ2v) is 9.62. The number of aliphatic hydroxyl groups excluding tert-OH is 5. The van der Waals surface area contributed by atoms with E-state index in [0.29, 0.717) is 39.0 Å². The van der Waals surface area contributed by atoms with Crippen LogP contribution in [0, 0.1) is 0 Å². The van der Waals surface area contributed by atoms with Crippen LogP contribution in [0.3, 0.4) is 0 Å². The fourth-order valence-corrected chi connectivity index (χ4v) is 2.15. The third-order valence-electron chi connectivity index (χ3n) is 4.45. The SMILES string of the molecule is C1COCO1.CC(O)CO.CCCCOCCO.CCCCOCCO.CCCOCCC.CCOCCO.COC.Oc1ccccc1. The molecule has 49 heavy (non-hydrogen) atoms. The Hall–Kier alpha value is -1.46. The number of hydrogen-bond acceptors (Lipinski definition) is 13. The van der Waals surface area contributed by atoms with Crippen LogP contribution in [0.1, 0.15) is 80.1 Å². The number of phenols is 1. The van der Waals surface area contributed by atoms with Crippen molar-refractivity contribution in [2.75, 3.05) is 114 Å². The van der Waals surface area contributed by atoms with Crippen molar-refractivity contribution < 1.29 is 63.8 Å². The van der Waals surface area contributed by atoms with E-state index in [0.717, 1.165) is 78.2 Å². The second-order valence-electron chi connectivity index (χ2n) is 9.62. The maximum absolute atomic E-state index is 8.63. The number of methoxy groups -OCH3 is 1. The summed E-state index contributed by atoms with van der Waals surface area (Å²) in [5.41, 5.74) is 0. The van der Waals surface area contributed by atoms with Crippen molar-refractivity contribution in [3.05, 3.63) is 30.3 Å². The molecule has 1 aliphatic heterocycles. The largest absolute Gasteiger partial charge is 0.508 e. The molecule has 0 bridgehead atoms. The Morgan fingerprint density at radius 2 is 0.980 bits per heavy atom. The van der Waals surface area contributed by atoms with E-state index in [1.54, 1.807) is 38.5 Å². The summed E-state index contributed by atoms with van der Waals surface area (Å²) in [6.07, 6.45) is 6.23. The minimum atomic E-state index is -0.560. The van der Waals surface area contributed by atoms with Gasteiger partial charge in [0, 0.05) is 47.3 Å². The molecule has 2 rings (SSSR count). The van der Waals surface area contributed by atoms with Gasteiger partial charge < -0.3 is 63.8 Å². The number of aromatic hydroxyl groups is 1. The zero-order valence-corrected chi connectivity index (χ0v) is 32.4. The lowest BCUT2D eigenvalue weighted by Crippen LogP contribution is -2.03. The number of phenolic OH excluding ortho intramolecular Hbond substituents is 1. The summed E-state index contributed by atoms with van der Waals surface area (Å²) in [5.74, 6) is 0.322. The maximum Gasteiger partial charge on any atom is 0.146 e. The van der Waals surface area contributed by atoms with Crippen molar-refractivity contribution in [1.29, 1.82) is 0 Å². The molecule has 13 nitrogen and oxygen atoms in total. The third-order valence-corrected chi connectivity index (χ3v) is 4.45. The summed E-state index contributed by atoms with van der Waals surface area (Å²) in [6.45, 7) is 19.8. The highest BCUT2D eigenvalue weighted by Crippen LogP contribution is 2.02. The van der Waals surface area contributed by atoms with Gasteiger partial charge in [-0.3, -0.25) is 0 Å². The zero-order valence-electron chi connectivity index (χ0n) is 32.4. The molecule has 300 valence electrons. The third kappa shape index (κ3) is 99.0. The minimum Gasteiger partial charge on any atom is -0.508 e. The lowest BCUT2D eigenvalue weighted by molar-refractivity contribution is 0.0692. The van der Waals surface area contributed by atoms with Crippen molar-refractivity contribution in [1.82, 2.24) is 0 Å². The van der Waals surface area contributed by atoms with Gasteiger partial charge in [0.25, 0.3) is 0 Å². The van der Waals surface area contributed by atoms with Crippen LogP contribution in [0.15, 0.2) is 30.3 Å². The van der Waals surface area contributed by atoms with Gasteiger partial charge in [-0.2, -0.15) is 0 Å². The summed E-state index contributed by atoms with van der Waals surface area (Å²) in [6, 6.07) is 8.71. The summed E-state index contributed by atoms with van der Waals surface area (Å²) in [7, 11) is 3.25. The van der Waals surface area contributed by atoms with E-state index >= 15 is 0 Å². The van der Waals surface area contributed by atoms with Crippen LogP contribution < -0.4 is 0 Å². The van der Waals surface area contributed by atoms with Gasteiger partial charge in [-0.15, -0.1) is 0 Å². The van der Waals surface area contributed by atoms with E-state index in [2.05, 4.69) is 32.4 Å². The van der Waals surface area contributed by atoms with Gasteiger partial charge >= 0.3 is 0 Å². The fourth-order valence-electron chi connectivity index (χ4n) is 2.15. The lowest BCUT2D eigenvalue weighted by atomic mass is 10.3. The van der Waals surface area contributed by atoms with E-state index < -0.39 is 6.10 Å². The van der Waals surface area contributed by atoms with Gasteiger partial charge in [-0.05, 0) is 51.7 Å². The summed E-state index contributed by atoms with van der Waals surface area (Å²) < 4.78 is 33.5. The Labute approximate surface area is 299 Å². The number of para-hydroxylation sites is 1. The van der Waals surface area contributed by atoms with Crippen LogP contribution in [0.2, 0.25) is 0 Å². The number of ether oxygens (including phenoxy) is 7. The van der Waals surface area contributed by atoms with E-state index in [-0.39, 0.29) is 26.4 Å². The molecule has 1 aromatic carbocycles. The predicted molar refractivity (Wildman–Crippen MR) is 197 cm³/mol. The van der Waals surface area contributed by atoms with Crippen molar-refractivity contribution in [3.63, 3.8) is 0 Å². The topological polar surface area (TPSA) is 186 Å². The highest BCUT2D eigenvalue weighted by atomic mass is 16.7. The Kier molecular flexibility index (Phi) is 83.4. The molecular weight excluding hydrogens is 640 g/mol. The first-order chi connectivity index (χ1) is 23.7. The molecule has 6 N–H and O–H groups in total. The molecule has 0 saturated carbocycles. The quantitative estimate of drug-likeness (QED) is 0.117.